The number of likely N-dealkylation sites (tertiary alicyclic amines) is 1. The third-order valence-electron chi connectivity index (χ3n) is 5.97. The molecular weight excluding hydrogens is 429 g/mol. The number of thiophene rings is 1. The third kappa shape index (κ3) is 3.16. The van der Waals surface area contributed by atoms with E-state index in [9.17, 15) is 13.2 Å². The summed E-state index contributed by atoms with van der Waals surface area (Å²) in [4.78, 5) is 12.3. The van der Waals surface area contributed by atoms with E-state index in [0.29, 0.717) is 26.9 Å². The Bertz CT molecular complexity index is 1250. The largest absolute Gasteiger partial charge is 0.348 e. The maximum atomic E-state index is 14.9. The summed E-state index contributed by atoms with van der Waals surface area (Å²) in [7, 11) is 2.11. The van der Waals surface area contributed by atoms with Crippen molar-refractivity contribution in [2.75, 3.05) is 18.9 Å². The molecule has 0 spiro atoms. The van der Waals surface area contributed by atoms with Gasteiger partial charge < -0.3 is 10.2 Å². The number of nitrogens with zero attached hydrogens (tertiary/aromatic N) is 3. The Kier molecular flexibility index (Phi) is 4.91. The number of hydrogen-bond donors (Lipinski definition) is 1. The molecule has 30 heavy (non-hydrogen) atoms. The van der Waals surface area contributed by atoms with Crippen LogP contribution in [-0.2, 0) is 0 Å². The number of benzene rings is 1. The second kappa shape index (κ2) is 7.47. The van der Waals surface area contributed by atoms with Crippen molar-refractivity contribution >= 4 is 54.5 Å². The number of rotatable bonds is 3. The Balaban J connectivity index is 1.60. The standard InChI is InChI=1S/C21H19F3N4S2/c1-10-11(4-3-5-28(10)2)15-6-12-18(14(23)8-25-21(12)30-15)27-19-13(22)7-16-20(17(19)24)26-9-29-16/h6-11H,3-5H2,1-2H3,(H,25,27)/t10-,11-/m0/s1. The molecule has 0 amide bonds. The first-order chi connectivity index (χ1) is 14.4. The summed E-state index contributed by atoms with van der Waals surface area (Å²) in [5, 5.41) is 3.20. The number of nitrogens with one attached hydrogen (secondary N) is 1. The normalized spacial score (nSPS) is 20.3. The highest BCUT2D eigenvalue weighted by Gasteiger charge is 2.29. The van der Waals surface area contributed by atoms with Gasteiger partial charge in [0.25, 0.3) is 0 Å². The molecule has 9 heteroatoms. The molecule has 3 aromatic heterocycles. The van der Waals surface area contributed by atoms with Gasteiger partial charge >= 0.3 is 0 Å². The number of likely N-dealkylation sites (N-methyl/N-ethyl adjacent to an activating group) is 1. The molecular formula is C21H19F3N4S2. The summed E-state index contributed by atoms with van der Waals surface area (Å²) in [5.41, 5.74) is 1.15. The number of piperidine rings is 1. The summed E-state index contributed by atoms with van der Waals surface area (Å²) in [6, 6.07) is 3.48. The van der Waals surface area contributed by atoms with Crippen LogP contribution in [0.25, 0.3) is 20.4 Å². The van der Waals surface area contributed by atoms with E-state index in [-0.39, 0.29) is 11.2 Å². The molecule has 1 aromatic carbocycles. The smallest absolute Gasteiger partial charge is 0.176 e. The third-order valence-corrected chi connectivity index (χ3v) is 7.92. The van der Waals surface area contributed by atoms with Crippen LogP contribution < -0.4 is 5.32 Å². The second-order valence-corrected chi connectivity index (χ2v) is 9.64. The van der Waals surface area contributed by atoms with Gasteiger partial charge in [-0.05, 0) is 45.5 Å². The number of hydrogen-bond acceptors (Lipinski definition) is 6. The van der Waals surface area contributed by atoms with E-state index >= 15 is 0 Å². The molecule has 4 aromatic rings. The number of fused-ring (bicyclic) bond motifs is 2. The minimum absolute atomic E-state index is 0.0340. The van der Waals surface area contributed by atoms with Gasteiger partial charge in [0.2, 0.25) is 0 Å². The highest BCUT2D eigenvalue weighted by atomic mass is 32.1. The monoisotopic (exact) mass is 448 g/mol. The lowest BCUT2D eigenvalue weighted by molar-refractivity contribution is 0.176. The molecule has 1 fully saturated rings. The van der Waals surface area contributed by atoms with Crippen molar-refractivity contribution in [1.29, 1.82) is 0 Å². The summed E-state index contributed by atoms with van der Waals surface area (Å²) in [6.07, 6.45) is 3.24. The molecule has 1 N–H and O–H groups in total. The van der Waals surface area contributed by atoms with Gasteiger partial charge in [-0.2, -0.15) is 0 Å². The lowest BCUT2D eigenvalue weighted by Crippen LogP contribution is -2.38. The summed E-state index contributed by atoms with van der Waals surface area (Å²) < 4.78 is 44.6. The molecule has 0 aliphatic carbocycles. The molecule has 156 valence electrons. The molecule has 1 aliphatic rings. The van der Waals surface area contributed by atoms with E-state index in [1.54, 1.807) is 0 Å². The van der Waals surface area contributed by atoms with Crippen molar-refractivity contribution in [3.63, 3.8) is 0 Å². The zero-order valence-electron chi connectivity index (χ0n) is 16.4. The number of anilines is 2. The van der Waals surface area contributed by atoms with Crippen molar-refractivity contribution in [2.45, 2.75) is 31.7 Å². The topological polar surface area (TPSA) is 41.1 Å². The van der Waals surface area contributed by atoms with E-state index in [4.69, 9.17) is 0 Å². The number of thiazole rings is 1. The summed E-state index contributed by atoms with van der Waals surface area (Å²) in [6.45, 7) is 3.25. The van der Waals surface area contributed by atoms with Gasteiger partial charge in [-0.1, -0.05) is 0 Å². The van der Waals surface area contributed by atoms with Gasteiger partial charge in [-0.15, -0.1) is 22.7 Å². The maximum absolute atomic E-state index is 14.9. The fourth-order valence-corrected chi connectivity index (χ4v) is 6.10. The predicted molar refractivity (Wildman–Crippen MR) is 116 cm³/mol. The highest BCUT2D eigenvalue weighted by molar-refractivity contribution is 7.18. The predicted octanol–water partition coefficient (Wildman–Crippen LogP) is 6.26. The van der Waals surface area contributed by atoms with Gasteiger partial charge in [-0.3, -0.25) is 0 Å². The van der Waals surface area contributed by atoms with Gasteiger partial charge in [0.05, 0.1) is 22.1 Å². The fourth-order valence-electron chi connectivity index (χ4n) is 4.16. The van der Waals surface area contributed by atoms with Crippen LogP contribution >= 0.6 is 22.7 Å². The van der Waals surface area contributed by atoms with E-state index in [0.717, 1.165) is 41.8 Å². The molecule has 4 nitrogen and oxygen atoms in total. The zero-order chi connectivity index (χ0) is 21.0. The molecule has 1 saturated heterocycles. The van der Waals surface area contributed by atoms with Crippen LogP contribution in [0.3, 0.4) is 0 Å². The van der Waals surface area contributed by atoms with Gasteiger partial charge in [-0.25, -0.2) is 23.1 Å². The summed E-state index contributed by atoms with van der Waals surface area (Å²) >= 11 is 2.66. The minimum atomic E-state index is -0.825. The number of pyridine rings is 1. The molecule has 0 unspecified atom stereocenters. The summed E-state index contributed by atoms with van der Waals surface area (Å²) in [5.74, 6) is -1.95. The van der Waals surface area contributed by atoms with Crippen molar-refractivity contribution in [2.24, 2.45) is 0 Å². The van der Waals surface area contributed by atoms with Crippen LogP contribution in [0.4, 0.5) is 24.5 Å². The Labute approximate surface area is 179 Å². The maximum Gasteiger partial charge on any atom is 0.176 e. The first-order valence-electron chi connectivity index (χ1n) is 9.70. The van der Waals surface area contributed by atoms with Crippen LogP contribution in [0, 0.1) is 17.5 Å². The minimum Gasteiger partial charge on any atom is -0.348 e. The molecule has 0 radical (unpaired) electrons. The van der Waals surface area contributed by atoms with Crippen molar-refractivity contribution in [3.8, 4) is 0 Å². The molecule has 4 heterocycles. The highest BCUT2D eigenvalue weighted by Crippen LogP contribution is 2.41. The van der Waals surface area contributed by atoms with Crippen LogP contribution in [0.15, 0.2) is 23.8 Å². The van der Waals surface area contributed by atoms with E-state index in [1.807, 2.05) is 6.07 Å². The van der Waals surface area contributed by atoms with Gasteiger partial charge in [0, 0.05) is 22.2 Å². The van der Waals surface area contributed by atoms with Crippen LogP contribution in [0.2, 0.25) is 0 Å². The van der Waals surface area contributed by atoms with Crippen molar-refractivity contribution < 1.29 is 13.2 Å². The number of aromatic nitrogens is 2. The van der Waals surface area contributed by atoms with Crippen LogP contribution in [-0.4, -0.2) is 34.5 Å². The quantitative estimate of drug-likeness (QED) is 0.401. The average Bonchev–Trinajstić information content (AvgIpc) is 3.35. The Morgan fingerprint density at radius 3 is 2.80 bits per heavy atom. The molecule has 5 rings (SSSR count). The lowest BCUT2D eigenvalue weighted by atomic mass is 9.89. The molecule has 2 atom stereocenters. The van der Waals surface area contributed by atoms with E-state index in [1.165, 1.54) is 22.9 Å². The second-order valence-electron chi connectivity index (χ2n) is 7.69. The first-order valence-corrected chi connectivity index (χ1v) is 11.4. The molecule has 0 bridgehead atoms. The number of halogens is 3. The molecule has 1 aliphatic heterocycles. The lowest BCUT2D eigenvalue weighted by Gasteiger charge is -2.36. The van der Waals surface area contributed by atoms with Crippen LogP contribution in [0.1, 0.15) is 30.6 Å². The Hall–Kier alpha value is -2.23. The first kappa shape index (κ1) is 19.7. The zero-order valence-corrected chi connectivity index (χ0v) is 18.0. The Morgan fingerprint density at radius 1 is 1.13 bits per heavy atom. The van der Waals surface area contributed by atoms with Gasteiger partial charge in [0.1, 0.15) is 16.0 Å². The Morgan fingerprint density at radius 2 is 1.97 bits per heavy atom. The van der Waals surface area contributed by atoms with Crippen molar-refractivity contribution in [1.82, 2.24) is 14.9 Å². The molecule has 0 saturated carbocycles. The van der Waals surface area contributed by atoms with E-state index < -0.39 is 23.1 Å². The van der Waals surface area contributed by atoms with Crippen molar-refractivity contribution in [3.05, 3.63) is 46.2 Å². The van der Waals surface area contributed by atoms with E-state index in [2.05, 4.69) is 34.2 Å². The average molecular weight is 449 g/mol. The van der Waals surface area contributed by atoms with Gasteiger partial charge in [0.15, 0.2) is 17.5 Å². The SMILES string of the molecule is C[C@H]1[C@@H](c2cc3c(Nc4c(F)cc5scnc5c4F)c(F)cnc3s2)CCCN1C. The van der Waals surface area contributed by atoms with Crippen LogP contribution in [0.5, 0.6) is 0 Å². The fraction of sp³-hybridized carbons (Fsp3) is 0.333.